The summed E-state index contributed by atoms with van der Waals surface area (Å²) in [5.41, 5.74) is 7.96. The fourth-order valence-corrected chi connectivity index (χ4v) is 3.38. The number of benzene rings is 1. The number of halogens is 1. The van der Waals surface area contributed by atoms with E-state index >= 15 is 0 Å². The Hall–Kier alpha value is -1.42. The number of ether oxygens (including phenoxy) is 1. The molecule has 1 aliphatic carbocycles. The molecule has 0 aliphatic heterocycles. The van der Waals surface area contributed by atoms with Crippen LogP contribution in [0.3, 0.4) is 0 Å². The summed E-state index contributed by atoms with van der Waals surface area (Å²) in [5.74, 6) is -0.0920. The first-order valence-corrected chi connectivity index (χ1v) is 7.70. The Bertz CT molecular complexity index is 504. The number of hydrogen-bond acceptors (Lipinski definition) is 3. The highest BCUT2D eigenvalue weighted by Gasteiger charge is 2.34. The molecule has 116 valence electrons. The highest BCUT2D eigenvalue weighted by atomic mass is 19.1. The molecule has 4 heteroatoms. The third-order valence-corrected chi connectivity index (χ3v) is 4.38. The van der Waals surface area contributed by atoms with Crippen LogP contribution in [0.1, 0.15) is 49.7 Å². The van der Waals surface area contributed by atoms with E-state index in [1.807, 2.05) is 13.0 Å². The van der Waals surface area contributed by atoms with Gasteiger partial charge in [-0.3, -0.25) is 4.79 Å². The van der Waals surface area contributed by atoms with Crippen molar-refractivity contribution in [2.45, 2.75) is 51.5 Å². The van der Waals surface area contributed by atoms with Crippen molar-refractivity contribution in [2.75, 3.05) is 6.61 Å². The van der Waals surface area contributed by atoms with Crippen molar-refractivity contribution in [2.24, 2.45) is 11.7 Å². The summed E-state index contributed by atoms with van der Waals surface area (Å²) in [6, 6.07) is 5.18. The van der Waals surface area contributed by atoms with E-state index in [1.54, 1.807) is 13.0 Å². The molecule has 21 heavy (non-hydrogen) atoms. The molecule has 2 rings (SSSR count). The molecule has 0 bridgehead atoms. The second-order valence-electron chi connectivity index (χ2n) is 5.90. The maximum Gasteiger partial charge on any atom is 0.306 e. The highest BCUT2D eigenvalue weighted by molar-refractivity contribution is 5.69. The zero-order valence-corrected chi connectivity index (χ0v) is 12.8. The highest BCUT2D eigenvalue weighted by Crippen LogP contribution is 2.39. The largest absolute Gasteiger partial charge is 0.466 e. The minimum absolute atomic E-state index is 0.0167. The summed E-state index contributed by atoms with van der Waals surface area (Å²) in [4.78, 5) is 11.8. The van der Waals surface area contributed by atoms with Crippen LogP contribution in [0.4, 0.5) is 4.39 Å². The second kappa shape index (κ2) is 7.03. The lowest BCUT2D eigenvalue weighted by atomic mass is 9.71. The lowest BCUT2D eigenvalue weighted by Crippen LogP contribution is -2.38. The van der Waals surface area contributed by atoms with Gasteiger partial charge in [0.25, 0.3) is 0 Å². The average Bonchev–Trinajstić information content (AvgIpc) is 2.43. The van der Waals surface area contributed by atoms with Crippen LogP contribution in [0.2, 0.25) is 0 Å². The number of hydrogen-bond donors (Lipinski definition) is 1. The maximum atomic E-state index is 13.5. The van der Waals surface area contributed by atoms with E-state index in [0.29, 0.717) is 18.6 Å². The van der Waals surface area contributed by atoms with E-state index in [-0.39, 0.29) is 29.7 Å². The van der Waals surface area contributed by atoms with Crippen molar-refractivity contribution >= 4 is 5.97 Å². The van der Waals surface area contributed by atoms with Gasteiger partial charge < -0.3 is 10.5 Å². The van der Waals surface area contributed by atoms with Gasteiger partial charge in [-0.05, 0) is 49.8 Å². The van der Waals surface area contributed by atoms with Gasteiger partial charge in [0.1, 0.15) is 5.82 Å². The van der Waals surface area contributed by atoms with Gasteiger partial charge in [-0.25, -0.2) is 4.39 Å². The predicted molar refractivity (Wildman–Crippen MR) is 80.4 cm³/mol. The minimum Gasteiger partial charge on any atom is -0.466 e. The first kappa shape index (κ1) is 16.0. The Morgan fingerprint density at radius 2 is 2.19 bits per heavy atom. The smallest absolute Gasteiger partial charge is 0.306 e. The monoisotopic (exact) mass is 293 g/mol. The van der Waals surface area contributed by atoms with Crippen molar-refractivity contribution in [3.8, 4) is 0 Å². The van der Waals surface area contributed by atoms with Crippen molar-refractivity contribution < 1.29 is 13.9 Å². The molecule has 3 atom stereocenters. The van der Waals surface area contributed by atoms with E-state index in [1.165, 1.54) is 6.07 Å². The summed E-state index contributed by atoms with van der Waals surface area (Å²) in [6.07, 6.45) is 3.33. The predicted octanol–water partition coefficient (Wildman–Crippen LogP) is 3.30. The van der Waals surface area contributed by atoms with Crippen LogP contribution in [0.25, 0.3) is 0 Å². The Labute approximate surface area is 125 Å². The fourth-order valence-electron chi connectivity index (χ4n) is 3.38. The average molecular weight is 293 g/mol. The minimum atomic E-state index is -0.204. The molecule has 1 fully saturated rings. The van der Waals surface area contributed by atoms with E-state index in [2.05, 4.69) is 0 Å². The van der Waals surface area contributed by atoms with E-state index in [4.69, 9.17) is 10.5 Å². The summed E-state index contributed by atoms with van der Waals surface area (Å²) >= 11 is 0. The van der Waals surface area contributed by atoms with Gasteiger partial charge in [-0.1, -0.05) is 18.6 Å². The molecule has 1 aromatic carbocycles. The topological polar surface area (TPSA) is 52.3 Å². The van der Waals surface area contributed by atoms with E-state index < -0.39 is 0 Å². The van der Waals surface area contributed by atoms with Crippen LogP contribution in [-0.4, -0.2) is 18.6 Å². The third kappa shape index (κ3) is 3.82. The van der Waals surface area contributed by atoms with Crippen molar-refractivity contribution in [3.05, 3.63) is 35.1 Å². The van der Waals surface area contributed by atoms with Crippen LogP contribution in [-0.2, 0) is 9.53 Å². The summed E-state index contributed by atoms with van der Waals surface area (Å²) in [5, 5.41) is 0. The molecular formula is C17H24FNO2. The van der Waals surface area contributed by atoms with E-state index in [0.717, 1.165) is 24.8 Å². The summed E-state index contributed by atoms with van der Waals surface area (Å²) in [7, 11) is 0. The molecule has 3 nitrogen and oxygen atoms in total. The first-order chi connectivity index (χ1) is 10.0. The van der Waals surface area contributed by atoms with Gasteiger partial charge in [0.05, 0.1) is 6.61 Å². The lowest BCUT2D eigenvalue weighted by Gasteiger charge is -2.36. The summed E-state index contributed by atoms with van der Waals surface area (Å²) < 4.78 is 18.5. The van der Waals surface area contributed by atoms with Crippen molar-refractivity contribution in [1.82, 2.24) is 0 Å². The Balaban J connectivity index is 2.21. The number of esters is 1. The third-order valence-electron chi connectivity index (χ3n) is 4.38. The van der Waals surface area contributed by atoms with Gasteiger partial charge in [0.15, 0.2) is 0 Å². The standard InChI is InChI=1S/C17H24FNO2/c1-3-21-16(20)10-12-5-4-6-15(19)17(12)13-7-8-14(18)11(2)9-13/h7-9,12,15,17H,3-6,10,19H2,1-2H3. The van der Waals surface area contributed by atoms with Crippen LogP contribution in [0.5, 0.6) is 0 Å². The SMILES string of the molecule is CCOC(=O)CC1CCCC(N)C1c1ccc(F)c(C)c1. The van der Waals surface area contributed by atoms with Crippen LogP contribution in [0, 0.1) is 18.7 Å². The zero-order valence-electron chi connectivity index (χ0n) is 12.8. The zero-order chi connectivity index (χ0) is 15.4. The number of carbonyl (C=O) groups excluding carboxylic acids is 1. The number of rotatable bonds is 4. The molecule has 0 heterocycles. The van der Waals surface area contributed by atoms with Crippen molar-refractivity contribution in [3.63, 3.8) is 0 Å². The second-order valence-corrected chi connectivity index (χ2v) is 5.90. The molecule has 0 radical (unpaired) electrons. The molecule has 1 saturated carbocycles. The number of carbonyl (C=O) groups is 1. The first-order valence-electron chi connectivity index (χ1n) is 7.70. The van der Waals surface area contributed by atoms with E-state index in [9.17, 15) is 9.18 Å². The fraction of sp³-hybridized carbons (Fsp3) is 0.588. The Morgan fingerprint density at radius 3 is 2.86 bits per heavy atom. The molecule has 1 aromatic rings. The van der Waals surface area contributed by atoms with Crippen molar-refractivity contribution in [1.29, 1.82) is 0 Å². The molecule has 2 N–H and O–H groups in total. The van der Waals surface area contributed by atoms with Gasteiger partial charge in [-0.15, -0.1) is 0 Å². The van der Waals surface area contributed by atoms with Crippen LogP contribution < -0.4 is 5.73 Å². The van der Waals surface area contributed by atoms with Gasteiger partial charge in [0, 0.05) is 18.4 Å². The molecule has 0 amide bonds. The molecule has 0 saturated heterocycles. The quantitative estimate of drug-likeness (QED) is 0.867. The maximum absolute atomic E-state index is 13.5. The Morgan fingerprint density at radius 1 is 1.43 bits per heavy atom. The lowest BCUT2D eigenvalue weighted by molar-refractivity contribution is -0.144. The molecule has 0 spiro atoms. The van der Waals surface area contributed by atoms with Gasteiger partial charge in [-0.2, -0.15) is 0 Å². The van der Waals surface area contributed by atoms with Gasteiger partial charge in [0.2, 0.25) is 0 Å². The van der Waals surface area contributed by atoms with Crippen LogP contribution >= 0.6 is 0 Å². The molecular weight excluding hydrogens is 269 g/mol. The molecule has 0 aromatic heterocycles. The summed E-state index contributed by atoms with van der Waals surface area (Å²) in [6.45, 7) is 3.97. The number of nitrogens with two attached hydrogens (primary N) is 1. The van der Waals surface area contributed by atoms with Crippen LogP contribution in [0.15, 0.2) is 18.2 Å². The van der Waals surface area contributed by atoms with Gasteiger partial charge >= 0.3 is 5.97 Å². The number of aryl methyl sites for hydroxylation is 1. The Kier molecular flexibility index (Phi) is 5.34. The normalized spacial score (nSPS) is 25.6. The molecule has 1 aliphatic rings. The molecule has 3 unspecified atom stereocenters.